The van der Waals surface area contributed by atoms with E-state index < -0.39 is 6.09 Å². The number of anilines is 1. The van der Waals surface area contributed by atoms with Gasteiger partial charge in [0.05, 0.1) is 6.61 Å². The molecular weight excluding hydrogens is 420 g/mol. The molecule has 134 valence electrons. The zero-order valence-corrected chi connectivity index (χ0v) is 16.3. The van der Waals surface area contributed by atoms with Gasteiger partial charge in [0.1, 0.15) is 11.4 Å². The Morgan fingerprint density at radius 3 is 2.85 bits per heavy atom. The van der Waals surface area contributed by atoms with Crippen molar-refractivity contribution in [1.82, 2.24) is 5.16 Å². The van der Waals surface area contributed by atoms with Crippen molar-refractivity contribution in [2.45, 2.75) is 13.3 Å². The highest BCUT2D eigenvalue weighted by Crippen LogP contribution is 2.32. The van der Waals surface area contributed by atoms with E-state index in [1.807, 2.05) is 48.5 Å². The first-order chi connectivity index (χ1) is 12.5. The number of halogens is 2. The van der Waals surface area contributed by atoms with Crippen LogP contribution in [0, 0.1) is 6.92 Å². The Morgan fingerprint density at radius 1 is 1.27 bits per heavy atom. The van der Waals surface area contributed by atoms with Crippen LogP contribution in [-0.2, 0) is 11.2 Å². The molecular formula is C19H16BrClN2O3. The number of hydrogen-bond donors (Lipinski definition) is 1. The number of carbonyl (C=O) groups is 1. The van der Waals surface area contributed by atoms with Crippen LogP contribution in [0.2, 0.25) is 5.02 Å². The molecule has 0 saturated carbocycles. The maximum Gasteiger partial charge on any atom is 0.411 e. The minimum Gasteiger partial charge on any atom is -0.449 e. The Bertz CT molecular complexity index is 927. The second kappa shape index (κ2) is 8.38. The molecule has 2 aromatic carbocycles. The average Bonchev–Trinajstić information content (AvgIpc) is 2.97. The van der Waals surface area contributed by atoms with Gasteiger partial charge in [-0.05, 0) is 30.7 Å². The van der Waals surface area contributed by atoms with E-state index in [-0.39, 0.29) is 6.61 Å². The highest BCUT2D eigenvalue weighted by molar-refractivity contribution is 9.10. The first-order valence-electron chi connectivity index (χ1n) is 7.94. The van der Waals surface area contributed by atoms with Gasteiger partial charge < -0.3 is 9.26 Å². The molecule has 0 atom stereocenters. The highest BCUT2D eigenvalue weighted by Gasteiger charge is 2.18. The average molecular weight is 436 g/mol. The van der Waals surface area contributed by atoms with E-state index in [4.69, 9.17) is 20.9 Å². The molecule has 0 radical (unpaired) electrons. The fraction of sp³-hybridized carbons (Fsp3) is 0.158. The highest BCUT2D eigenvalue weighted by atomic mass is 79.9. The zero-order valence-electron chi connectivity index (χ0n) is 14.0. The molecule has 1 N–H and O–H groups in total. The lowest BCUT2D eigenvalue weighted by Gasteiger charge is -2.08. The summed E-state index contributed by atoms with van der Waals surface area (Å²) in [6.45, 7) is 1.97. The summed E-state index contributed by atoms with van der Waals surface area (Å²) < 4.78 is 11.5. The van der Waals surface area contributed by atoms with Gasteiger partial charge in [-0.25, -0.2) is 4.79 Å². The molecule has 0 aliphatic carbocycles. The SMILES string of the molecule is Cc1noc(-c2cccc(Br)c2)c1NC(=O)OCCc1ccccc1Cl. The predicted molar refractivity (Wildman–Crippen MR) is 105 cm³/mol. The van der Waals surface area contributed by atoms with Crippen LogP contribution >= 0.6 is 27.5 Å². The number of amides is 1. The zero-order chi connectivity index (χ0) is 18.5. The summed E-state index contributed by atoms with van der Waals surface area (Å²) in [5.74, 6) is 0.479. The molecule has 0 unspecified atom stereocenters. The molecule has 1 heterocycles. The molecule has 0 bridgehead atoms. The van der Waals surface area contributed by atoms with Crippen LogP contribution < -0.4 is 5.32 Å². The second-order valence-electron chi connectivity index (χ2n) is 5.58. The maximum atomic E-state index is 12.1. The van der Waals surface area contributed by atoms with Gasteiger partial charge in [-0.15, -0.1) is 0 Å². The van der Waals surface area contributed by atoms with E-state index in [0.717, 1.165) is 15.6 Å². The third-order valence-electron chi connectivity index (χ3n) is 3.74. The summed E-state index contributed by atoms with van der Waals surface area (Å²) in [7, 11) is 0. The summed E-state index contributed by atoms with van der Waals surface area (Å²) in [5, 5.41) is 7.30. The first-order valence-corrected chi connectivity index (χ1v) is 9.11. The normalized spacial score (nSPS) is 10.6. The van der Waals surface area contributed by atoms with Crippen LogP contribution in [0.3, 0.4) is 0 Å². The van der Waals surface area contributed by atoms with Crippen molar-refractivity contribution in [2.75, 3.05) is 11.9 Å². The van der Waals surface area contributed by atoms with Crippen molar-refractivity contribution in [3.8, 4) is 11.3 Å². The van der Waals surface area contributed by atoms with E-state index >= 15 is 0 Å². The van der Waals surface area contributed by atoms with Crippen molar-refractivity contribution in [3.05, 3.63) is 69.3 Å². The smallest absolute Gasteiger partial charge is 0.411 e. The van der Waals surface area contributed by atoms with Gasteiger partial charge in [-0.2, -0.15) is 0 Å². The minimum atomic E-state index is -0.570. The van der Waals surface area contributed by atoms with Gasteiger partial charge in [-0.3, -0.25) is 5.32 Å². The number of hydrogen-bond acceptors (Lipinski definition) is 4. The van der Waals surface area contributed by atoms with E-state index in [9.17, 15) is 4.79 Å². The van der Waals surface area contributed by atoms with E-state index in [1.165, 1.54) is 0 Å². The molecule has 5 nitrogen and oxygen atoms in total. The molecule has 1 aromatic heterocycles. The van der Waals surface area contributed by atoms with E-state index in [1.54, 1.807) is 6.92 Å². The monoisotopic (exact) mass is 434 g/mol. The molecule has 0 spiro atoms. The van der Waals surface area contributed by atoms with Crippen LogP contribution in [0.15, 0.2) is 57.5 Å². The van der Waals surface area contributed by atoms with Crippen LogP contribution in [0.5, 0.6) is 0 Å². The number of aryl methyl sites for hydroxylation is 1. The molecule has 0 fully saturated rings. The van der Waals surface area contributed by atoms with Gasteiger partial charge in [0.15, 0.2) is 5.76 Å². The fourth-order valence-corrected chi connectivity index (χ4v) is 3.07. The molecule has 0 aliphatic heterocycles. The van der Waals surface area contributed by atoms with Crippen LogP contribution in [0.4, 0.5) is 10.5 Å². The van der Waals surface area contributed by atoms with Gasteiger partial charge in [0.2, 0.25) is 0 Å². The van der Waals surface area contributed by atoms with Crippen molar-refractivity contribution in [3.63, 3.8) is 0 Å². The van der Waals surface area contributed by atoms with E-state index in [2.05, 4.69) is 26.4 Å². The summed E-state index contributed by atoms with van der Waals surface area (Å²) >= 11 is 9.52. The summed E-state index contributed by atoms with van der Waals surface area (Å²) in [4.78, 5) is 12.1. The lowest BCUT2D eigenvalue weighted by atomic mass is 10.1. The summed E-state index contributed by atoms with van der Waals surface area (Å²) in [6.07, 6.45) is -0.0339. The number of ether oxygens (including phenoxy) is 1. The largest absolute Gasteiger partial charge is 0.449 e. The second-order valence-corrected chi connectivity index (χ2v) is 6.91. The third-order valence-corrected chi connectivity index (χ3v) is 4.60. The predicted octanol–water partition coefficient (Wildman–Crippen LogP) is 5.86. The quantitative estimate of drug-likeness (QED) is 0.545. The topological polar surface area (TPSA) is 64.4 Å². The van der Waals surface area contributed by atoms with Crippen molar-refractivity contribution in [1.29, 1.82) is 0 Å². The molecule has 0 aliphatic rings. The van der Waals surface area contributed by atoms with Gasteiger partial charge >= 0.3 is 6.09 Å². The molecule has 26 heavy (non-hydrogen) atoms. The van der Waals surface area contributed by atoms with Crippen LogP contribution in [0.1, 0.15) is 11.3 Å². The van der Waals surface area contributed by atoms with Gasteiger partial charge in [0, 0.05) is 21.5 Å². The fourth-order valence-electron chi connectivity index (χ4n) is 2.44. The lowest BCUT2D eigenvalue weighted by molar-refractivity contribution is 0.163. The number of aromatic nitrogens is 1. The number of rotatable bonds is 5. The Labute approximate surface area is 164 Å². The molecule has 3 rings (SSSR count). The first kappa shape index (κ1) is 18.5. The molecule has 1 amide bonds. The summed E-state index contributed by atoms with van der Waals surface area (Å²) in [6, 6.07) is 15.0. The van der Waals surface area contributed by atoms with E-state index in [0.29, 0.717) is 28.6 Å². The lowest BCUT2D eigenvalue weighted by Crippen LogP contribution is -2.16. The minimum absolute atomic E-state index is 0.214. The standard InChI is InChI=1S/C19H16BrClN2O3/c1-12-17(18(26-23-12)14-6-4-7-15(20)11-14)22-19(24)25-10-9-13-5-2-3-8-16(13)21/h2-8,11H,9-10H2,1H3,(H,22,24). The number of nitrogens with zero attached hydrogens (tertiary/aromatic N) is 1. The summed E-state index contributed by atoms with van der Waals surface area (Å²) in [5.41, 5.74) is 2.79. The van der Waals surface area contributed by atoms with Crippen molar-refractivity contribution in [2.24, 2.45) is 0 Å². The third kappa shape index (κ3) is 4.45. The maximum absolute atomic E-state index is 12.1. The number of carbonyl (C=O) groups excluding carboxylic acids is 1. The van der Waals surface area contributed by atoms with Crippen molar-refractivity contribution >= 4 is 39.3 Å². The molecule has 7 heteroatoms. The Hall–Kier alpha value is -2.31. The van der Waals surface area contributed by atoms with Gasteiger partial charge in [0.25, 0.3) is 0 Å². The molecule has 3 aromatic rings. The molecule has 0 saturated heterocycles. The van der Waals surface area contributed by atoms with Gasteiger partial charge in [-0.1, -0.05) is 63.0 Å². The Kier molecular flexibility index (Phi) is 5.96. The number of benzene rings is 2. The Balaban J connectivity index is 1.65. The van der Waals surface area contributed by atoms with Crippen molar-refractivity contribution < 1.29 is 14.1 Å². The van der Waals surface area contributed by atoms with Crippen LogP contribution in [0.25, 0.3) is 11.3 Å². The Morgan fingerprint density at radius 2 is 2.08 bits per heavy atom. The van der Waals surface area contributed by atoms with Crippen LogP contribution in [-0.4, -0.2) is 17.9 Å². The number of nitrogens with one attached hydrogen (secondary N) is 1.